The Balaban J connectivity index is 2.03. The third-order valence-corrected chi connectivity index (χ3v) is 3.46. The molecule has 20 heavy (non-hydrogen) atoms. The zero-order valence-electron chi connectivity index (χ0n) is 11.9. The third kappa shape index (κ3) is 4.06. The van der Waals surface area contributed by atoms with Crippen LogP contribution in [0.25, 0.3) is 0 Å². The second-order valence-electron chi connectivity index (χ2n) is 4.63. The van der Waals surface area contributed by atoms with E-state index in [1.807, 2.05) is 5.38 Å². The minimum atomic E-state index is -0.240. The Bertz CT molecular complexity index is 587. The van der Waals surface area contributed by atoms with E-state index in [0.717, 1.165) is 16.5 Å². The highest BCUT2D eigenvalue weighted by Crippen LogP contribution is 2.23. The number of nitrogens with zero attached hydrogens (tertiary/aromatic N) is 1. The number of anilines is 2. The van der Waals surface area contributed by atoms with Gasteiger partial charge in [-0.25, -0.2) is 4.98 Å². The molecule has 2 rings (SSSR count). The van der Waals surface area contributed by atoms with Gasteiger partial charge in [0.15, 0.2) is 5.13 Å². The third-order valence-electron chi connectivity index (χ3n) is 2.66. The van der Waals surface area contributed by atoms with Gasteiger partial charge < -0.3 is 10.1 Å². The summed E-state index contributed by atoms with van der Waals surface area (Å²) in [5, 5.41) is 5.93. The van der Waals surface area contributed by atoms with Crippen LogP contribution >= 0.6 is 11.3 Å². The topological polar surface area (TPSA) is 51.2 Å². The van der Waals surface area contributed by atoms with Crippen molar-refractivity contribution in [3.8, 4) is 0 Å². The van der Waals surface area contributed by atoms with Gasteiger partial charge in [0.05, 0.1) is 18.7 Å². The molecule has 0 bridgehead atoms. The summed E-state index contributed by atoms with van der Waals surface area (Å²) in [5.41, 5.74) is 4.16. The van der Waals surface area contributed by atoms with Gasteiger partial charge in [-0.05, 0) is 44.0 Å². The highest BCUT2D eigenvalue weighted by Gasteiger charge is 2.08. The number of aryl methyl sites for hydroxylation is 2. The van der Waals surface area contributed by atoms with E-state index in [2.05, 4.69) is 42.3 Å². The Hall–Kier alpha value is -1.88. The van der Waals surface area contributed by atoms with Crippen molar-refractivity contribution in [1.82, 2.24) is 4.98 Å². The van der Waals surface area contributed by atoms with Gasteiger partial charge in [-0.3, -0.25) is 4.79 Å². The lowest BCUT2D eigenvalue weighted by Gasteiger charge is -2.05. The molecule has 106 valence electrons. The summed E-state index contributed by atoms with van der Waals surface area (Å²) < 4.78 is 4.91. The quantitative estimate of drug-likeness (QED) is 0.855. The summed E-state index contributed by atoms with van der Waals surface area (Å²) in [6.45, 7) is 6.32. The lowest BCUT2D eigenvalue weighted by molar-refractivity contribution is -0.142. The molecule has 1 aromatic heterocycles. The average molecular weight is 290 g/mol. The van der Waals surface area contributed by atoms with Gasteiger partial charge >= 0.3 is 5.97 Å². The molecule has 0 saturated carbocycles. The van der Waals surface area contributed by atoms with Crippen molar-refractivity contribution in [3.63, 3.8) is 0 Å². The fraction of sp³-hybridized carbons (Fsp3) is 0.333. The van der Waals surface area contributed by atoms with Crippen molar-refractivity contribution in [2.75, 3.05) is 11.9 Å². The average Bonchev–Trinajstić information content (AvgIpc) is 2.75. The van der Waals surface area contributed by atoms with E-state index in [-0.39, 0.29) is 12.4 Å². The van der Waals surface area contributed by atoms with Crippen molar-refractivity contribution in [2.45, 2.75) is 27.2 Å². The zero-order chi connectivity index (χ0) is 14.5. The number of carbonyl (C=O) groups is 1. The van der Waals surface area contributed by atoms with Crippen molar-refractivity contribution in [3.05, 3.63) is 40.4 Å². The Morgan fingerprint density at radius 2 is 2.00 bits per heavy atom. The number of nitrogens with one attached hydrogen (secondary N) is 1. The molecule has 0 atom stereocenters. The van der Waals surface area contributed by atoms with Gasteiger partial charge in [-0.2, -0.15) is 0 Å². The molecule has 0 radical (unpaired) electrons. The van der Waals surface area contributed by atoms with Crippen LogP contribution in [-0.4, -0.2) is 17.6 Å². The highest BCUT2D eigenvalue weighted by molar-refractivity contribution is 7.13. The normalized spacial score (nSPS) is 10.3. The molecule has 0 aliphatic carbocycles. The van der Waals surface area contributed by atoms with E-state index in [0.29, 0.717) is 6.61 Å². The first-order chi connectivity index (χ1) is 9.56. The fourth-order valence-corrected chi connectivity index (χ4v) is 2.71. The number of benzene rings is 1. The maximum absolute atomic E-state index is 11.4. The Kier molecular flexibility index (Phi) is 4.74. The van der Waals surface area contributed by atoms with E-state index in [4.69, 9.17) is 4.74 Å². The number of rotatable bonds is 5. The minimum absolute atomic E-state index is 0.221. The Morgan fingerprint density at radius 1 is 1.30 bits per heavy atom. The van der Waals surface area contributed by atoms with Crippen LogP contribution in [0.5, 0.6) is 0 Å². The summed E-state index contributed by atoms with van der Waals surface area (Å²) in [6.07, 6.45) is 0.221. The molecular formula is C15H18N2O2S. The predicted molar refractivity (Wildman–Crippen MR) is 81.6 cm³/mol. The predicted octanol–water partition coefficient (Wildman–Crippen LogP) is 3.61. The molecule has 2 aromatic rings. The number of ether oxygens (including phenoxy) is 1. The first-order valence-electron chi connectivity index (χ1n) is 6.52. The molecule has 0 saturated heterocycles. The minimum Gasteiger partial charge on any atom is -0.466 e. The molecule has 4 nitrogen and oxygen atoms in total. The smallest absolute Gasteiger partial charge is 0.311 e. The van der Waals surface area contributed by atoms with Crippen LogP contribution < -0.4 is 5.32 Å². The summed E-state index contributed by atoms with van der Waals surface area (Å²) >= 11 is 1.49. The van der Waals surface area contributed by atoms with Gasteiger partial charge in [0.25, 0.3) is 0 Å². The van der Waals surface area contributed by atoms with Gasteiger partial charge in [-0.15, -0.1) is 11.3 Å². The molecule has 0 amide bonds. The first-order valence-corrected chi connectivity index (χ1v) is 7.40. The van der Waals surface area contributed by atoms with Gasteiger partial charge in [-0.1, -0.05) is 6.07 Å². The van der Waals surface area contributed by atoms with Crippen LogP contribution in [0.3, 0.4) is 0 Å². The van der Waals surface area contributed by atoms with Crippen LogP contribution in [0, 0.1) is 13.8 Å². The lowest BCUT2D eigenvalue weighted by atomic mass is 10.1. The van der Waals surface area contributed by atoms with Crippen molar-refractivity contribution in [1.29, 1.82) is 0 Å². The number of carbonyl (C=O) groups excluding carboxylic acids is 1. The number of hydrogen-bond acceptors (Lipinski definition) is 5. The van der Waals surface area contributed by atoms with Crippen molar-refractivity contribution in [2.24, 2.45) is 0 Å². The number of aromatic nitrogens is 1. The molecular weight excluding hydrogens is 272 g/mol. The van der Waals surface area contributed by atoms with Gasteiger partial charge in [0.1, 0.15) is 0 Å². The van der Waals surface area contributed by atoms with Crippen LogP contribution in [0.2, 0.25) is 0 Å². The number of esters is 1. The lowest BCUT2D eigenvalue weighted by Crippen LogP contribution is -2.07. The number of hydrogen-bond donors (Lipinski definition) is 1. The van der Waals surface area contributed by atoms with E-state index < -0.39 is 0 Å². The number of thiazole rings is 1. The maximum Gasteiger partial charge on any atom is 0.311 e. The SMILES string of the molecule is CCOC(=O)Cc1csc(Nc2cc(C)cc(C)c2)n1. The van der Waals surface area contributed by atoms with Crippen LogP contribution in [0.1, 0.15) is 23.7 Å². The fourth-order valence-electron chi connectivity index (χ4n) is 1.98. The molecule has 0 aliphatic rings. The van der Waals surface area contributed by atoms with Crippen LogP contribution in [0.15, 0.2) is 23.6 Å². The molecule has 5 heteroatoms. The van der Waals surface area contributed by atoms with E-state index in [9.17, 15) is 4.79 Å². The molecule has 0 spiro atoms. The summed E-state index contributed by atoms with van der Waals surface area (Å²) in [5.74, 6) is -0.240. The van der Waals surface area contributed by atoms with E-state index >= 15 is 0 Å². The van der Waals surface area contributed by atoms with E-state index in [1.54, 1.807) is 6.92 Å². The molecule has 1 aromatic carbocycles. The Labute approximate surface area is 122 Å². The molecule has 0 unspecified atom stereocenters. The van der Waals surface area contributed by atoms with Gasteiger partial charge in [0.2, 0.25) is 0 Å². The molecule has 1 N–H and O–H groups in total. The van der Waals surface area contributed by atoms with Crippen LogP contribution in [-0.2, 0) is 16.0 Å². The van der Waals surface area contributed by atoms with Crippen molar-refractivity contribution >= 4 is 28.1 Å². The monoisotopic (exact) mass is 290 g/mol. The summed E-state index contributed by atoms with van der Waals surface area (Å²) in [4.78, 5) is 15.8. The highest BCUT2D eigenvalue weighted by atomic mass is 32.1. The summed E-state index contributed by atoms with van der Waals surface area (Å²) in [6, 6.07) is 6.26. The van der Waals surface area contributed by atoms with Crippen molar-refractivity contribution < 1.29 is 9.53 Å². The molecule has 1 heterocycles. The first kappa shape index (κ1) is 14.5. The zero-order valence-corrected chi connectivity index (χ0v) is 12.7. The largest absolute Gasteiger partial charge is 0.466 e. The van der Waals surface area contributed by atoms with Gasteiger partial charge in [0, 0.05) is 11.1 Å². The standard InChI is InChI=1S/C15H18N2O2S/c1-4-19-14(18)8-13-9-20-15(17-13)16-12-6-10(2)5-11(3)7-12/h5-7,9H,4,8H2,1-3H3,(H,16,17). The summed E-state index contributed by atoms with van der Waals surface area (Å²) in [7, 11) is 0. The molecule has 0 fully saturated rings. The molecule has 0 aliphatic heterocycles. The Morgan fingerprint density at radius 3 is 2.65 bits per heavy atom. The maximum atomic E-state index is 11.4. The second-order valence-corrected chi connectivity index (χ2v) is 5.49. The van der Waals surface area contributed by atoms with E-state index in [1.165, 1.54) is 22.5 Å². The van der Waals surface area contributed by atoms with Crippen LogP contribution in [0.4, 0.5) is 10.8 Å². The second kappa shape index (κ2) is 6.52.